The van der Waals surface area contributed by atoms with Gasteiger partial charge in [0.1, 0.15) is 18.1 Å². The van der Waals surface area contributed by atoms with Gasteiger partial charge >= 0.3 is 5.97 Å². The number of carbonyl (C=O) groups excluding carboxylic acids is 3. The van der Waals surface area contributed by atoms with Gasteiger partial charge in [-0.15, -0.1) is 0 Å². The number of nitrogens with one attached hydrogen (secondary N) is 3. The molecule has 8 N–H and O–H groups in total. The molecule has 7 atom stereocenters. The first-order chi connectivity index (χ1) is 15.9. The Morgan fingerprint density at radius 3 is 1.59 bits per heavy atom. The number of carboxylic acids is 1. The van der Waals surface area contributed by atoms with E-state index in [4.69, 9.17) is 11.5 Å². The van der Waals surface area contributed by atoms with Gasteiger partial charge in [0.15, 0.2) is 0 Å². The van der Waals surface area contributed by atoms with E-state index in [1.807, 2.05) is 41.5 Å². The zero-order valence-electron chi connectivity index (χ0n) is 21.7. The fourth-order valence-electron chi connectivity index (χ4n) is 3.42. The molecule has 198 valence electrons. The number of hydrogen-bond donors (Lipinski definition) is 6. The number of amides is 3. The standard InChI is InChI=1S/C24H47N5O5/c1-7-14(4)18(26)21(30)28-20(16(6)9-3)23(32)29-19(15(5)8-2)22(31)27-17(24(33)34)12-10-11-13-25/h14-20H,7-13,25-26H2,1-6H3,(H,27,31)(H,28,30)(H,29,32)(H,33,34)/t14-,15-,16-,17-,18-,19-,20-/m0/s1. The van der Waals surface area contributed by atoms with Crippen LogP contribution < -0.4 is 27.4 Å². The molecule has 0 aliphatic heterocycles. The minimum atomic E-state index is -1.14. The van der Waals surface area contributed by atoms with E-state index in [0.717, 1.165) is 6.42 Å². The molecule has 0 spiro atoms. The Labute approximate surface area is 204 Å². The van der Waals surface area contributed by atoms with Crippen molar-refractivity contribution in [1.82, 2.24) is 16.0 Å². The monoisotopic (exact) mass is 485 g/mol. The molecule has 0 aromatic rings. The zero-order chi connectivity index (χ0) is 26.4. The van der Waals surface area contributed by atoms with Crippen LogP contribution in [-0.2, 0) is 19.2 Å². The number of carboxylic acid groups (broad SMARTS) is 1. The molecule has 0 unspecified atom stereocenters. The van der Waals surface area contributed by atoms with E-state index in [9.17, 15) is 24.3 Å². The number of hydrogen-bond acceptors (Lipinski definition) is 6. The molecule has 10 heteroatoms. The van der Waals surface area contributed by atoms with E-state index in [0.29, 0.717) is 32.2 Å². The molecule has 0 radical (unpaired) electrons. The predicted molar refractivity (Wildman–Crippen MR) is 133 cm³/mol. The summed E-state index contributed by atoms with van der Waals surface area (Å²) in [7, 11) is 0. The fraction of sp³-hybridized carbons (Fsp3) is 0.833. The van der Waals surface area contributed by atoms with Crippen molar-refractivity contribution in [2.24, 2.45) is 29.2 Å². The first kappa shape index (κ1) is 31.8. The number of aliphatic carboxylic acids is 1. The third-order valence-corrected chi connectivity index (χ3v) is 6.71. The largest absolute Gasteiger partial charge is 0.480 e. The Bertz CT molecular complexity index is 660. The molecule has 0 saturated carbocycles. The normalized spacial score (nSPS) is 17.4. The van der Waals surface area contributed by atoms with Crippen LogP contribution in [0.1, 0.15) is 80.1 Å². The summed E-state index contributed by atoms with van der Waals surface area (Å²) in [5, 5.41) is 17.6. The van der Waals surface area contributed by atoms with Crippen molar-refractivity contribution < 1.29 is 24.3 Å². The third kappa shape index (κ3) is 10.4. The Kier molecular flexibility index (Phi) is 15.4. The predicted octanol–water partition coefficient (Wildman–Crippen LogP) is 1.12. The first-order valence-corrected chi connectivity index (χ1v) is 12.5. The van der Waals surface area contributed by atoms with Gasteiger partial charge in [-0.05, 0) is 43.6 Å². The summed E-state index contributed by atoms with van der Waals surface area (Å²) < 4.78 is 0. The van der Waals surface area contributed by atoms with Crippen LogP contribution in [0.5, 0.6) is 0 Å². The summed E-state index contributed by atoms with van der Waals surface area (Å²) >= 11 is 0. The van der Waals surface area contributed by atoms with Crippen LogP contribution in [0, 0.1) is 17.8 Å². The molecule has 0 aliphatic carbocycles. The van der Waals surface area contributed by atoms with Crippen LogP contribution in [0.25, 0.3) is 0 Å². The Hall–Kier alpha value is -2.20. The summed E-state index contributed by atoms with van der Waals surface area (Å²) in [4.78, 5) is 50.5. The van der Waals surface area contributed by atoms with Crippen molar-refractivity contribution in [2.45, 2.75) is 104 Å². The number of nitrogens with two attached hydrogens (primary N) is 2. The van der Waals surface area contributed by atoms with Crippen LogP contribution in [0.2, 0.25) is 0 Å². The second-order valence-corrected chi connectivity index (χ2v) is 9.34. The lowest BCUT2D eigenvalue weighted by Crippen LogP contribution is -2.60. The van der Waals surface area contributed by atoms with Gasteiger partial charge in [0.2, 0.25) is 17.7 Å². The highest BCUT2D eigenvalue weighted by Gasteiger charge is 2.34. The lowest BCUT2D eigenvalue weighted by molar-refractivity contribution is -0.143. The second-order valence-electron chi connectivity index (χ2n) is 9.34. The van der Waals surface area contributed by atoms with Crippen molar-refractivity contribution in [3.05, 3.63) is 0 Å². The van der Waals surface area contributed by atoms with Gasteiger partial charge in [-0.1, -0.05) is 60.8 Å². The average molecular weight is 486 g/mol. The average Bonchev–Trinajstić information content (AvgIpc) is 2.82. The van der Waals surface area contributed by atoms with E-state index >= 15 is 0 Å². The second kappa shape index (κ2) is 16.4. The van der Waals surface area contributed by atoms with Gasteiger partial charge in [-0.3, -0.25) is 14.4 Å². The quantitative estimate of drug-likeness (QED) is 0.167. The summed E-state index contributed by atoms with van der Waals surface area (Å²) in [5.74, 6) is -3.10. The molecule has 10 nitrogen and oxygen atoms in total. The van der Waals surface area contributed by atoms with Crippen LogP contribution >= 0.6 is 0 Å². The van der Waals surface area contributed by atoms with E-state index < -0.39 is 47.9 Å². The smallest absolute Gasteiger partial charge is 0.326 e. The Morgan fingerprint density at radius 1 is 0.735 bits per heavy atom. The zero-order valence-corrected chi connectivity index (χ0v) is 21.7. The summed E-state index contributed by atoms with van der Waals surface area (Å²) in [6.07, 6.45) is 3.40. The molecule has 34 heavy (non-hydrogen) atoms. The fourth-order valence-corrected chi connectivity index (χ4v) is 3.42. The molecular formula is C24H47N5O5. The molecule has 0 bridgehead atoms. The van der Waals surface area contributed by atoms with Crippen LogP contribution in [-0.4, -0.2) is 59.5 Å². The van der Waals surface area contributed by atoms with Crippen molar-refractivity contribution in [3.8, 4) is 0 Å². The summed E-state index contributed by atoms with van der Waals surface area (Å²) in [5.41, 5.74) is 11.5. The Balaban J connectivity index is 5.58. The molecule has 0 aromatic carbocycles. The van der Waals surface area contributed by atoms with E-state index in [2.05, 4.69) is 16.0 Å². The van der Waals surface area contributed by atoms with Gasteiger partial charge in [-0.25, -0.2) is 4.79 Å². The molecule has 0 aromatic heterocycles. The van der Waals surface area contributed by atoms with Gasteiger partial charge in [-0.2, -0.15) is 0 Å². The molecule has 0 fully saturated rings. The van der Waals surface area contributed by atoms with Crippen LogP contribution in [0.15, 0.2) is 0 Å². The highest BCUT2D eigenvalue weighted by molar-refractivity contribution is 5.94. The maximum atomic E-state index is 13.2. The number of unbranched alkanes of at least 4 members (excludes halogenated alkanes) is 1. The van der Waals surface area contributed by atoms with Crippen molar-refractivity contribution in [3.63, 3.8) is 0 Å². The number of carbonyl (C=O) groups is 4. The highest BCUT2D eigenvalue weighted by atomic mass is 16.4. The highest BCUT2D eigenvalue weighted by Crippen LogP contribution is 2.14. The van der Waals surface area contributed by atoms with Crippen LogP contribution in [0.3, 0.4) is 0 Å². The Morgan fingerprint density at radius 2 is 1.18 bits per heavy atom. The summed E-state index contributed by atoms with van der Waals surface area (Å²) in [6, 6.07) is -3.63. The van der Waals surface area contributed by atoms with Crippen LogP contribution in [0.4, 0.5) is 0 Å². The van der Waals surface area contributed by atoms with E-state index in [-0.39, 0.29) is 24.2 Å². The van der Waals surface area contributed by atoms with E-state index in [1.165, 1.54) is 0 Å². The first-order valence-electron chi connectivity index (χ1n) is 12.5. The van der Waals surface area contributed by atoms with Crippen molar-refractivity contribution >= 4 is 23.7 Å². The molecule has 0 aliphatic rings. The van der Waals surface area contributed by atoms with Gasteiger partial charge in [0, 0.05) is 0 Å². The molecule has 0 rings (SSSR count). The van der Waals surface area contributed by atoms with Gasteiger partial charge in [0.05, 0.1) is 6.04 Å². The topological polar surface area (TPSA) is 177 Å². The lowest BCUT2D eigenvalue weighted by Gasteiger charge is -2.30. The minimum absolute atomic E-state index is 0.0495. The van der Waals surface area contributed by atoms with Crippen molar-refractivity contribution in [1.29, 1.82) is 0 Å². The van der Waals surface area contributed by atoms with Crippen molar-refractivity contribution in [2.75, 3.05) is 6.54 Å². The molecular weight excluding hydrogens is 438 g/mol. The minimum Gasteiger partial charge on any atom is -0.480 e. The molecule has 0 saturated heterocycles. The lowest BCUT2D eigenvalue weighted by atomic mass is 9.93. The maximum Gasteiger partial charge on any atom is 0.326 e. The third-order valence-electron chi connectivity index (χ3n) is 6.71. The van der Waals surface area contributed by atoms with E-state index in [1.54, 1.807) is 0 Å². The SMILES string of the molecule is CC[C@H](C)[C@H](N)C(=O)N[C@H](C(=O)N[C@H](C(=O)N[C@@H](CCCCN)C(=O)O)[C@@H](C)CC)[C@@H](C)CC. The van der Waals surface area contributed by atoms with Gasteiger partial charge in [0.25, 0.3) is 0 Å². The molecule has 0 heterocycles. The maximum absolute atomic E-state index is 13.2. The summed E-state index contributed by atoms with van der Waals surface area (Å²) in [6.45, 7) is 11.7. The molecule has 3 amide bonds. The number of rotatable bonds is 17. The van der Waals surface area contributed by atoms with Gasteiger partial charge < -0.3 is 32.5 Å².